The Labute approximate surface area is 180 Å². The highest BCUT2D eigenvalue weighted by Gasteiger charge is 2.06. The van der Waals surface area contributed by atoms with Crippen LogP contribution in [0.5, 0.6) is 0 Å². The van der Waals surface area contributed by atoms with Gasteiger partial charge in [0, 0.05) is 5.39 Å². The van der Waals surface area contributed by atoms with Crippen molar-refractivity contribution in [1.82, 2.24) is 4.98 Å². The van der Waals surface area contributed by atoms with E-state index in [9.17, 15) is 0 Å². The van der Waals surface area contributed by atoms with Gasteiger partial charge in [-0.2, -0.15) is 0 Å². The lowest BCUT2D eigenvalue weighted by Gasteiger charge is -2.13. The van der Waals surface area contributed by atoms with Crippen LogP contribution in [-0.2, 0) is 6.42 Å². The van der Waals surface area contributed by atoms with Crippen LogP contribution in [0, 0.1) is 13.8 Å². The van der Waals surface area contributed by atoms with Crippen molar-refractivity contribution in [2.45, 2.75) is 39.5 Å². The van der Waals surface area contributed by atoms with Crippen molar-refractivity contribution in [1.29, 1.82) is 0 Å². The standard InChI is InChI=1S/C29H29N/c1-21-7-11-24(12-8-21)13-10-23(3)27-6-4-5-25(20-27)14-17-28-18-16-26-15-9-22(2)19-29(26)30-28/h4-9,11-12,14-20,23H,10,13H2,1-3H3/b17-14+. The monoisotopic (exact) mass is 391 g/mol. The van der Waals surface area contributed by atoms with Crippen LogP contribution in [0.1, 0.15) is 52.8 Å². The summed E-state index contributed by atoms with van der Waals surface area (Å²) in [6.45, 7) is 6.57. The van der Waals surface area contributed by atoms with E-state index in [1.807, 2.05) is 0 Å². The summed E-state index contributed by atoms with van der Waals surface area (Å²) in [7, 11) is 0. The predicted octanol–water partition coefficient (Wildman–Crippen LogP) is 7.76. The van der Waals surface area contributed by atoms with Gasteiger partial charge in [-0.15, -0.1) is 0 Å². The van der Waals surface area contributed by atoms with Gasteiger partial charge in [0.25, 0.3) is 0 Å². The van der Waals surface area contributed by atoms with Crippen LogP contribution in [-0.4, -0.2) is 4.98 Å². The molecule has 1 unspecified atom stereocenters. The van der Waals surface area contributed by atoms with Crippen LogP contribution in [0.4, 0.5) is 0 Å². The summed E-state index contributed by atoms with van der Waals surface area (Å²) < 4.78 is 0. The Kier molecular flexibility index (Phi) is 6.09. The molecule has 4 rings (SSSR count). The number of fused-ring (bicyclic) bond motifs is 1. The highest BCUT2D eigenvalue weighted by Crippen LogP contribution is 2.23. The number of rotatable bonds is 6. The average Bonchev–Trinajstić information content (AvgIpc) is 2.77. The van der Waals surface area contributed by atoms with Crippen LogP contribution in [0.15, 0.2) is 78.9 Å². The third-order valence-corrected chi connectivity index (χ3v) is 5.78. The van der Waals surface area contributed by atoms with E-state index in [-0.39, 0.29) is 0 Å². The first-order chi connectivity index (χ1) is 14.6. The molecule has 0 saturated carbocycles. The molecule has 30 heavy (non-hydrogen) atoms. The maximum absolute atomic E-state index is 4.79. The number of pyridine rings is 1. The molecule has 150 valence electrons. The molecule has 0 amide bonds. The van der Waals surface area contributed by atoms with E-state index in [0.29, 0.717) is 5.92 Å². The molecular formula is C29H29N. The van der Waals surface area contributed by atoms with Crippen LogP contribution < -0.4 is 0 Å². The van der Waals surface area contributed by atoms with Gasteiger partial charge in [-0.3, -0.25) is 0 Å². The number of aryl methyl sites for hydroxylation is 3. The molecule has 1 atom stereocenters. The summed E-state index contributed by atoms with van der Waals surface area (Å²) >= 11 is 0. The molecule has 0 fully saturated rings. The van der Waals surface area contributed by atoms with E-state index < -0.39 is 0 Å². The van der Waals surface area contributed by atoms with Gasteiger partial charge in [0.15, 0.2) is 0 Å². The Balaban J connectivity index is 1.45. The third kappa shape index (κ3) is 5.04. The van der Waals surface area contributed by atoms with Crippen molar-refractivity contribution in [3.05, 3.63) is 112 Å². The molecular weight excluding hydrogens is 362 g/mol. The van der Waals surface area contributed by atoms with Crippen molar-refractivity contribution in [3.63, 3.8) is 0 Å². The molecule has 0 saturated heterocycles. The first-order valence-corrected chi connectivity index (χ1v) is 10.8. The highest BCUT2D eigenvalue weighted by atomic mass is 14.7. The molecule has 3 aromatic carbocycles. The minimum absolute atomic E-state index is 0.529. The minimum Gasteiger partial charge on any atom is -0.248 e. The number of benzene rings is 3. The average molecular weight is 392 g/mol. The number of aromatic nitrogens is 1. The van der Waals surface area contributed by atoms with Crippen molar-refractivity contribution < 1.29 is 0 Å². The molecule has 0 aliphatic heterocycles. The molecule has 0 bridgehead atoms. The van der Waals surface area contributed by atoms with E-state index in [4.69, 9.17) is 4.98 Å². The van der Waals surface area contributed by atoms with Gasteiger partial charge in [0.2, 0.25) is 0 Å². The van der Waals surface area contributed by atoms with Gasteiger partial charge >= 0.3 is 0 Å². The topological polar surface area (TPSA) is 12.9 Å². The summed E-state index contributed by atoms with van der Waals surface area (Å²) in [6.07, 6.45) is 6.54. The van der Waals surface area contributed by atoms with Crippen LogP contribution in [0.25, 0.3) is 23.1 Å². The van der Waals surface area contributed by atoms with Gasteiger partial charge in [0.1, 0.15) is 0 Å². The lowest BCUT2D eigenvalue weighted by Crippen LogP contribution is -1.97. The zero-order valence-electron chi connectivity index (χ0n) is 18.1. The maximum Gasteiger partial charge on any atom is 0.0711 e. The fourth-order valence-electron chi connectivity index (χ4n) is 3.79. The van der Waals surface area contributed by atoms with Gasteiger partial charge < -0.3 is 0 Å². The Morgan fingerprint density at radius 3 is 2.40 bits per heavy atom. The van der Waals surface area contributed by atoms with Gasteiger partial charge in [-0.25, -0.2) is 4.98 Å². The number of hydrogen-bond acceptors (Lipinski definition) is 1. The van der Waals surface area contributed by atoms with E-state index in [1.165, 1.54) is 33.2 Å². The Morgan fingerprint density at radius 2 is 1.57 bits per heavy atom. The molecule has 1 heteroatoms. The molecule has 0 N–H and O–H groups in total. The zero-order valence-corrected chi connectivity index (χ0v) is 18.1. The normalized spacial score (nSPS) is 12.5. The summed E-state index contributed by atoms with van der Waals surface area (Å²) in [5.74, 6) is 0.529. The zero-order chi connectivity index (χ0) is 20.9. The molecule has 1 aromatic heterocycles. The van der Waals surface area contributed by atoms with Crippen LogP contribution in [0.2, 0.25) is 0 Å². The Hall–Kier alpha value is -3.19. The fourth-order valence-corrected chi connectivity index (χ4v) is 3.79. The molecule has 0 radical (unpaired) electrons. The van der Waals surface area contributed by atoms with Crippen molar-refractivity contribution in [3.8, 4) is 0 Å². The lowest BCUT2D eigenvalue weighted by molar-refractivity contribution is 0.679. The lowest BCUT2D eigenvalue weighted by atomic mass is 9.92. The van der Waals surface area contributed by atoms with E-state index in [0.717, 1.165) is 24.1 Å². The van der Waals surface area contributed by atoms with Crippen LogP contribution >= 0.6 is 0 Å². The molecule has 0 spiro atoms. The molecule has 0 aliphatic rings. The van der Waals surface area contributed by atoms with Gasteiger partial charge in [0.05, 0.1) is 11.2 Å². The first kappa shape index (κ1) is 20.1. The molecule has 0 aliphatic carbocycles. The maximum atomic E-state index is 4.79. The third-order valence-electron chi connectivity index (χ3n) is 5.78. The summed E-state index contributed by atoms with van der Waals surface area (Å²) in [5, 5.41) is 1.18. The predicted molar refractivity (Wildman–Crippen MR) is 130 cm³/mol. The summed E-state index contributed by atoms with van der Waals surface area (Å²) in [5.41, 5.74) is 8.64. The second-order valence-electron chi connectivity index (χ2n) is 8.36. The Morgan fingerprint density at radius 1 is 0.800 bits per heavy atom. The SMILES string of the molecule is Cc1ccc(CCC(C)c2cccc(/C=C/c3ccc4ccc(C)cc4n3)c2)cc1. The Bertz CT molecular complexity index is 1170. The molecule has 1 heterocycles. The van der Waals surface area contributed by atoms with E-state index in [2.05, 4.69) is 112 Å². The largest absolute Gasteiger partial charge is 0.248 e. The smallest absolute Gasteiger partial charge is 0.0711 e. The van der Waals surface area contributed by atoms with Crippen LogP contribution in [0.3, 0.4) is 0 Å². The summed E-state index contributed by atoms with van der Waals surface area (Å²) in [6, 6.07) is 28.4. The first-order valence-electron chi connectivity index (χ1n) is 10.8. The second-order valence-corrected chi connectivity index (χ2v) is 8.36. The van der Waals surface area contributed by atoms with Gasteiger partial charge in [-0.05, 0) is 73.1 Å². The van der Waals surface area contributed by atoms with E-state index >= 15 is 0 Å². The fraction of sp³-hybridized carbons (Fsp3) is 0.207. The van der Waals surface area contributed by atoms with E-state index in [1.54, 1.807) is 0 Å². The van der Waals surface area contributed by atoms with Crippen molar-refractivity contribution in [2.24, 2.45) is 0 Å². The second kappa shape index (κ2) is 9.09. The summed E-state index contributed by atoms with van der Waals surface area (Å²) in [4.78, 5) is 4.79. The quantitative estimate of drug-likeness (QED) is 0.327. The van der Waals surface area contributed by atoms with Crippen molar-refractivity contribution >= 4 is 23.1 Å². The number of hydrogen-bond donors (Lipinski definition) is 0. The minimum atomic E-state index is 0.529. The highest BCUT2D eigenvalue weighted by molar-refractivity contribution is 5.81. The van der Waals surface area contributed by atoms with Crippen molar-refractivity contribution in [2.75, 3.05) is 0 Å². The molecule has 1 nitrogen and oxygen atoms in total. The molecule has 4 aromatic rings. The van der Waals surface area contributed by atoms with Gasteiger partial charge in [-0.1, -0.05) is 85.3 Å². The number of nitrogens with zero attached hydrogens (tertiary/aromatic N) is 1.